The summed E-state index contributed by atoms with van der Waals surface area (Å²) in [7, 11) is 1.72. The molecule has 1 aliphatic carbocycles. The monoisotopic (exact) mass is 387 g/mol. The van der Waals surface area contributed by atoms with Crippen LogP contribution in [0.3, 0.4) is 0 Å². The molecule has 0 radical (unpaired) electrons. The normalized spacial score (nSPS) is 20.2. The largest absolute Gasteiger partial charge is 0.497 e. The lowest BCUT2D eigenvalue weighted by Crippen LogP contribution is -2.45. The minimum atomic E-state index is -0.0337. The topological polar surface area (TPSA) is 30.5 Å². The van der Waals surface area contributed by atoms with E-state index in [1.54, 1.807) is 7.11 Å². The van der Waals surface area contributed by atoms with Crippen LogP contribution >= 0.6 is 0 Å². The summed E-state index contributed by atoms with van der Waals surface area (Å²) in [5, 5.41) is 6.50. The van der Waals surface area contributed by atoms with Crippen LogP contribution in [0.25, 0.3) is 10.8 Å². The molecule has 0 aromatic heterocycles. The first-order chi connectivity index (χ1) is 14.3. The first kappa shape index (κ1) is 18.5. The first-order valence-electron chi connectivity index (χ1n) is 10.8. The Balaban J connectivity index is 1.45. The van der Waals surface area contributed by atoms with Gasteiger partial charge in [-0.05, 0) is 48.1 Å². The lowest BCUT2D eigenvalue weighted by atomic mass is 9.77. The Morgan fingerprint density at radius 1 is 1.00 bits per heavy atom. The van der Waals surface area contributed by atoms with E-state index in [0.717, 1.165) is 37.3 Å². The maximum absolute atomic E-state index is 6.64. The van der Waals surface area contributed by atoms with Crippen molar-refractivity contribution in [2.24, 2.45) is 0 Å². The second-order valence-electron chi connectivity index (χ2n) is 8.53. The summed E-state index contributed by atoms with van der Waals surface area (Å²) in [4.78, 5) is 0. The van der Waals surface area contributed by atoms with Gasteiger partial charge in [0.05, 0.1) is 7.11 Å². The van der Waals surface area contributed by atoms with Gasteiger partial charge in [0.25, 0.3) is 0 Å². The van der Waals surface area contributed by atoms with Crippen molar-refractivity contribution < 1.29 is 9.47 Å². The number of rotatable bonds is 4. The van der Waals surface area contributed by atoms with E-state index < -0.39 is 0 Å². The third kappa shape index (κ3) is 3.60. The molecule has 1 atom stereocenters. The Bertz CT molecular complexity index is 1000. The van der Waals surface area contributed by atoms with E-state index in [1.807, 2.05) is 6.07 Å². The second kappa shape index (κ2) is 7.72. The SMILES string of the molecule is COc1ccc2c(c1)OC1(CCCCC1)C[C@@H]2NCc1cccc2ccccc12. The van der Waals surface area contributed by atoms with Gasteiger partial charge in [0.15, 0.2) is 0 Å². The number of hydrogen-bond acceptors (Lipinski definition) is 3. The molecule has 5 rings (SSSR count). The maximum atomic E-state index is 6.64. The van der Waals surface area contributed by atoms with E-state index >= 15 is 0 Å². The van der Waals surface area contributed by atoms with E-state index in [9.17, 15) is 0 Å². The van der Waals surface area contributed by atoms with Crippen LogP contribution < -0.4 is 14.8 Å². The molecule has 2 aliphatic rings. The zero-order valence-corrected chi connectivity index (χ0v) is 17.1. The number of hydrogen-bond donors (Lipinski definition) is 1. The summed E-state index contributed by atoms with van der Waals surface area (Å²) in [5.41, 5.74) is 2.57. The van der Waals surface area contributed by atoms with Crippen LogP contribution in [0.1, 0.15) is 55.7 Å². The van der Waals surface area contributed by atoms with Crippen molar-refractivity contribution in [3.05, 3.63) is 71.8 Å². The minimum Gasteiger partial charge on any atom is -0.497 e. The van der Waals surface area contributed by atoms with Crippen LogP contribution in [0.15, 0.2) is 60.7 Å². The highest BCUT2D eigenvalue weighted by Crippen LogP contribution is 2.47. The van der Waals surface area contributed by atoms with Crippen LogP contribution in [0.2, 0.25) is 0 Å². The van der Waals surface area contributed by atoms with Crippen molar-refractivity contribution in [3.63, 3.8) is 0 Å². The van der Waals surface area contributed by atoms with Crippen LogP contribution in [0.4, 0.5) is 0 Å². The van der Waals surface area contributed by atoms with Crippen molar-refractivity contribution in [2.45, 2.75) is 56.7 Å². The summed E-state index contributed by atoms with van der Waals surface area (Å²) < 4.78 is 12.1. The Morgan fingerprint density at radius 2 is 1.83 bits per heavy atom. The molecule has 3 nitrogen and oxygen atoms in total. The summed E-state index contributed by atoms with van der Waals surface area (Å²) in [6.45, 7) is 0.855. The van der Waals surface area contributed by atoms with Gasteiger partial charge in [-0.3, -0.25) is 0 Å². The molecule has 3 aromatic rings. The lowest BCUT2D eigenvalue weighted by Gasteiger charge is -2.45. The standard InChI is InChI=1S/C26H29NO2/c1-28-21-12-13-23-24(17-26(29-25(23)16-21)14-5-2-6-15-26)27-18-20-10-7-9-19-8-3-4-11-22(19)20/h3-4,7-13,16,24,27H,2,5-6,14-15,17-18H2,1H3/t24-/m0/s1. The van der Waals surface area contributed by atoms with E-state index in [2.05, 4.69) is 59.9 Å². The van der Waals surface area contributed by atoms with E-state index in [1.165, 1.54) is 41.2 Å². The van der Waals surface area contributed by atoms with Crippen molar-refractivity contribution in [1.29, 1.82) is 0 Å². The minimum absolute atomic E-state index is 0.0337. The predicted molar refractivity (Wildman–Crippen MR) is 118 cm³/mol. The molecule has 1 fully saturated rings. The van der Waals surface area contributed by atoms with E-state index in [4.69, 9.17) is 9.47 Å². The molecule has 3 aromatic carbocycles. The molecule has 0 unspecified atom stereocenters. The highest BCUT2D eigenvalue weighted by Gasteiger charge is 2.41. The number of nitrogens with one attached hydrogen (secondary N) is 1. The summed E-state index contributed by atoms with van der Waals surface area (Å²) in [6, 6.07) is 21.8. The summed E-state index contributed by atoms with van der Waals surface area (Å²) in [5.74, 6) is 1.86. The van der Waals surface area contributed by atoms with E-state index in [-0.39, 0.29) is 5.60 Å². The first-order valence-corrected chi connectivity index (χ1v) is 10.8. The summed E-state index contributed by atoms with van der Waals surface area (Å²) in [6.07, 6.45) is 7.18. The molecular formula is C26H29NO2. The molecule has 1 N–H and O–H groups in total. The molecule has 1 spiro atoms. The third-order valence-corrected chi connectivity index (χ3v) is 6.68. The van der Waals surface area contributed by atoms with Crippen LogP contribution in [-0.4, -0.2) is 12.7 Å². The van der Waals surface area contributed by atoms with Crippen LogP contribution in [0.5, 0.6) is 11.5 Å². The van der Waals surface area contributed by atoms with E-state index in [0.29, 0.717) is 6.04 Å². The smallest absolute Gasteiger partial charge is 0.128 e. The molecule has 0 saturated heterocycles. The molecule has 1 saturated carbocycles. The molecule has 0 bridgehead atoms. The zero-order valence-electron chi connectivity index (χ0n) is 17.1. The molecule has 1 aliphatic heterocycles. The van der Waals surface area contributed by atoms with Crippen molar-refractivity contribution in [2.75, 3.05) is 7.11 Å². The quantitative estimate of drug-likeness (QED) is 0.581. The number of ether oxygens (including phenoxy) is 2. The Morgan fingerprint density at radius 3 is 2.69 bits per heavy atom. The fraction of sp³-hybridized carbons (Fsp3) is 0.385. The highest BCUT2D eigenvalue weighted by molar-refractivity contribution is 5.85. The van der Waals surface area contributed by atoms with Gasteiger partial charge in [-0.1, -0.05) is 55.0 Å². The second-order valence-corrected chi connectivity index (χ2v) is 8.53. The molecule has 3 heteroatoms. The van der Waals surface area contributed by atoms with Gasteiger partial charge >= 0.3 is 0 Å². The number of fused-ring (bicyclic) bond motifs is 2. The van der Waals surface area contributed by atoms with Gasteiger partial charge < -0.3 is 14.8 Å². The van der Waals surface area contributed by atoms with Crippen LogP contribution in [-0.2, 0) is 6.54 Å². The highest BCUT2D eigenvalue weighted by atomic mass is 16.5. The fourth-order valence-electron chi connectivity index (χ4n) is 5.14. The van der Waals surface area contributed by atoms with Crippen molar-refractivity contribution >= 4 is 10.8 Å². The van der Waals surface area contributed by atoms with Crippen LogP contribution in [0, 0.1) is 0 Å². The lowest BCUT2D eigenvalue weighted by molar-refractivity contribution is -0.00306. The van der Waals surface area contributed by atoms with Gasteiger partial charge in [-0.15, -0.1) is 0 Å². The maximum Gasteiger partial charge on any atom is 0.128 e. The molecule has 0 amide bonds. The Hall–Kier alpha value is -2.52. The zero-order chi connectivity index (χ0) is 19.7. The van der Waals surface area contributed by atoms with Gasteiger partial charge in [0, 0.05) is 30.6 Å². The van der Waals surface area contributed by atoms with Gasteiger partial charge in [0.2, 0.25) is 0 Å². The molecule has 1 heterocycles. The van der Waals surface area contributed by atoms with Crippen molar-refractivity contribution in [3.8, 4) is 11.5 Å². The molecular weight excluding hydrogens is 358 g/mol. The average Bonchev–Trinajstić information content (AvgIpc) is 2.77. The molecule has 29 heavy (non-hydrogen) atoms. The van der Waals surface area contributed by atoms with Gasteiger partial charge in [0.1, 0.15) is 17.1 Å². The summed E-state index contributed by atoms with van der Waals surface area (Å²) >= 11 is 0. The Labute approximate surface area is 173 Å². The predicted octanol–water partition coefficient (Wildman–Crippen LogP) is 6.16. The molecule has 150 valence electrons. The average molecular weight is 388 g/mol. The Kier molecular flexibility index (Phi) is 4.92. The fourth-order valence-corrected chi connectivity index (χ4v) is 5.14. The van der Waals surface area contributed by atoms with Gasteiger partial charge in [-0.2, -0.15) is 0 Å². The van der Waals surface area contributed by atoms with Crippen molar-refractivity contribution in [1.82, 2.24) is 5.32 Å². The van der Waals surface area contributed by atoms with Gasteiger partial charge in [-0.25, -0.2) is 0 Å². The number of methoxy groups -OCH3 is 1. The number of benzene rings is 3. The third-order valence-electron chi connectivity index (χ3n) is 6.68.